The van der Waals surface area contributed by atoms with Crippen LogP contribution in [0.15, 0.2) is 65.8 Å². The number of H-pyrrole nitrogens is 1. The van der Waals surface area contributed by atoms with Gasteiger partial charge in [0.25, 0.3) is 5.91 Å². The van der Waals surface area contributed by atoms with Crippen LogP contribution in [0.2, 0.25) is 0 Å². The molecule has 9 nitrogen and oxygen atoms in total. The number of benzene rings is 2. The number of fused-ring (bicyclic) bond motifs is 2. The molecule has 1 aliphatic rings. The minimum absolute atomic E-state index is 0.0307. The standard InChI is InChI=1S/C33H37FN6O3/c1-21(2)37(3)32(42)26-16-24(34)7-9-29(26)40-20-27(25-10-11-35-17-31(25)40)23-5-4-12-38(19-23)18-22-6-8-30-28(15-22)36-33(43)39(30)13-14-41/h6-11,15-17,20-21,23,41H,4-5,12-14,18-19H2,1-3H3,(H,36,43)/t23-/m0/s1. The van der Waals surface area contributed by atoms with Crippen LogP contribution in [0.5, 0.6) is 0 Å². The monoisotopic (exact) mass is 584 g/mol. The van der Waals surface area contributed by atoms with Gasteiger partial charge in [0, 0.05) is 44.0 Å². The van der Waals surface area contributed by atoms with Gasteiger partial charge < -0.3 is 19.6 Å². The molecular weight excluding hydrogens is 547 g/mol. The van der Waals surface area contributed by atoms with Crippen molar-refractivity contribution in [2.75, 3.05) is 26.7 Å². The van der Waals surface area contributed by atoms with Gasteiger partial charge >= 0.3 is 5.69 Å². The normalized spacial score (nSPS) is 16.0. The molecule has 1 fully saturated rings. The van der Waals surface area contributed by atoms with E-state index in [0.29, 0.717) is 11.3 Å². The van der Waals surface area contributed by atoms with E-state index in [4.69, 9.17) is 0 Å². The first-order chi connectivity index (χ1) is 20.7. The van der Waals surface area contributed by atoms with Crippen LogP contribution < -0.4 is 5.69 Å². The topological polar surface area (TPSA) is 99.4 Å². The highest BCUT2D eigenvalue weighted by atomic mass is 19.1. The summed E-state index contributed by atoms with van der Waals surface area (Å²) < 4.78 is 18.0. The van der Waals surface area contributed by atoms with Crippen LogP contribution >= 0.6 is 0 Å². The third kappa shape index (κ3) is 5.48. The van der Waals surface area contributed by atoms with Gasteiger partial charge in [0.2, 0.25) is 0 Å². The summed E-state index contributed by atoms with van der Waals surface area (Å²) in [5.74, 6) is -0.424. The Morgan fingerprint density at radius 2 is 2.02 bits per heavy atom. The van der Waals surface area contributed by atoms with Crippen LogP contribution in [0.25, 0.3) is 27.6 Å². The second-order valence-corrected chi connectivity index (χ2v) is 11.7. The fourth-order valence-electron chi connectivity index (χ4n) is 6.28. The van der Waals surface area contributed by atoms with Gasteiger partial charge in [-0.05, 0) is 86.7 Å². The summed E-state index contributed by atoms with van der Waals surface area (Å²) >= 11 is 0. The predicted molar refractivity (Wildman–Crippen MR) is 165 cm³/mol. The molecule has 1 aliphatic heterocycles. The maximum absolute atomic E-state index is 14.4. The van der Waals surface area contributed by atoms with E-state index >= 15 is 0 Å². The smallest absolute Gasteiger partial charge is 0.326 e. The maximum Gasteiger partial charge on any atom is 0.326 e. The number of halogens is 1. The van der Waals surface area contributed by atoms with Gasteiger partial charge in [0.1, 0.15) is 5.82 Å². The number of aliphatic hydroxyl groups is 1. The SMILES string of the molecule is CC(C)N(C)C(=O)c1cc(F)ccc1-n1cc([C@H]2CCCN(Cc3ccc4c(c3)[nH]c(=O)n4CCO)C2)c2ccncc21. The fourth-order valence-corrected chi connectivity index (χ4v) is 6.28. The molecule has 1 saturated heterocycles. The lowest BCUT2D eigenvalue weighted by Crippen LogP contribution is -2.34. The number of aromatic amines is 1. The number of nitrogens with one attached hydrogen (secondary N) is 1. The van der Waals surface area contributed by atoms with Crippen molar-refractivity contribution in [3.8, 4) is 5.69 Å². The van der Waals surface area contributed by atoms with Gasteiger partial charge in [-0.25, -0.2) is 9.18 Å². The molecule has 0 spiro atoms. The molecule has 6 rings (SSSR count). The van der Waals surface area contributed by atoms with E-state index in [1.165, 1.54) is 17.7 Å². The van der Waals surface area contributed by atoms with E-state index in [1.54, 1.807) is 28.8 Å². The van der Waals surface area contributed by atoms with Crippen molar-refractivity contribution in [1.29, 1.82) is 0 Å². The summed E-state index contributed by atoms with van der Waals surface area (Å²) in [4.78, 5) is 37.1. The third-order valence-electron chi connectivity index (χ3n) is 8.70. The quantitative estimate of drug-likeness (QED) is 0.277. The number of carbonyl (C=O) groups is 1. The molecule has 2 aromatic carbocycles. The number of rotatable bonds is 8. The van der Waals surface area contributed by atoms with Crippen molar-refractivity contribution in [3.63, 3.8) is 0 Å². The minimum atomic E-state index is -0.450. The minimum Gasteiger partial charge on any atom is -0.395 e. The first-order valence-corrected chi connectivity index (χ1v) is 14.8. The van der Waals surface area contributed by atoms with Gasteiger partial charge in [-0.2, -0.15) is 0 Å². The molecule has 10 heteroatoms. The lowest BCUT2D eigenvalue weighted by molar-refractivity contribution is 0.0754. The third-order valence-corrected chi connectivity index (χ3v) is 8.70. The number of aromatic nitrogens is 4. The maximum atomic E-state index is 14.4. The molecule has 1 amide bonds. The number of nitrogens with zero attached hydrogens (tertiary/aromatic N) is 5. The fraction of sp³-hybridized carbons (Fsp3) is 0.364. The number of hydrogen-bond acceptors (Lipinski definition) is 5. The summed E-state index contributed by atoms with van der Waals surface area (Å²) in [6, 6.07) is 12.4. The Morgan fingerprint density at radius 3 is 2.81 bits per heavy atom. The van der Waals surface area contributed by atoms with Crippen LogP contribution in [-0.4, -0.2) is 72.7 Å². The number of carbonyl (C=O) groups excluding carboxylic acids is 1. The summed E-state index contributed by atoms with van der Waals surface area (Å²) in [5, 5.41) is 10.4. The summed E-state index contributed by atoms with van der Waals surface area (Å²) in [6.45, 7) is 6.61. The molecule has 0 aliphatic carbocycles. The van der Waals surface area contributed by atoms with Crippen molar-refractivity contribution < 1.29 is 14.3 Å². The highest BCUT2D eigenvalue weighted by molar-refractivity contribution is 5.99. The molecular formula is C33H37FN6O3. The molecule has 5 aromatic rings. The van der Waals surface area contributed by atoms with Crippen LogP contribution in [0, 0.1) is 5.82 Å². The first-order valence-electron chi connectivity index (χ1n) is 14.8. The zero-order chi connectivity index (χ0) is 30.2. The number of likely N-dealkylation sites (tertiary alicyclic amines) is 1. The van der Waals surface area contributed by atoms with Crippen molar-refractivity contribution in [2.45, 2.75) is 51.7 Å². The van der Waals surface area contributed by atoms with E-state index in [9.17, 15) is 19.1 Å². The summed E-state index contributed by atoms with van der Waals surface area (Å²) in [5.41, 5.74) is 5.47. The first kappa shape index (κ1) is 28.8. The second-order valence-electron chi connectivity index (χ2n) is 11.7. The Labute approximate surface area is 249 Å². The van der Waals surface area contributed by atoms with Crippen molar-refractivity contribution >= 4 is 27.8 Å². The van der Waals surface area contributed by atoms with Crippen molar-refractivity contribution in [1.82, 2.24) is 28.9 Å². The molecule has 224 valence electrons. The Morgan fingerprint density at radius 1 is 1.19 bits per heavy atom. The number of imidazole rings is 1. The van der Waals surface area contributed by atoms with Crippen LogP contribution in [0.3, 0.4) is 0 Å². The van der Waals surface area contributed by atoms with Crippen LogP contribution in [0.1, 0.15) is 54.1 Å². The number of hydrogen-bond donors (Lipinski definition) is 2. The zero-order valence-electron chi connectivity index (χ0n) is 24.8. The molecule has 0 radical (unpaired) electrons. The second kappa shape index (κ2) is 11.8. The van der Waals surface area contributed by atoms with E-state index in [2.05, 4.69) is 21.1 Å². The van der Waals surface area contributed by atoms with Crippen LogP contribution in [0.4, 0.5) is 4.39 Å². The lowest BCUT2D eigenvalue weighted by Gasteiger charge is -2.32. The van der Waals surface area contributed by atoms with Gasteiger partial charge in [-0.3, -0.25) is 19.2 Å². The Hall–Kier alpha value is -4.28. The number of amides is 1. The molecule has 2 N–H and O–H groups in total. The molecule has 4 heterocycles. The number of piperidine rings is 1. The average Bonchev–Trinajstić information content (AvgIpc) is 3.53. The Bertz CT molecular complexity index is 1850. The summed E-state index contributed by atoms with van der Waals surface area (Å²) in [7, 11) is 1.74. The van der Waals surface area contributed by atoms with E-state index < -0.39 is 5.82 Å². The lowest BCUT2D eigenvalue weighted by atomic mass is 9.90. The Kier molecular flexibility index (Phi) is 7.89. The molecule has 0 unspecified atom stereocenters. The van der Waals surface area contributed by atoms with Gasteiger partial charge in [-0.1, -0.05) is 6.07 Å². The highest BCUT2D eigenvalue weighted by Crippen LogP contribution is 2.36. The zero-order valence-corrected chi connectivity index (χ0v) is 24.8. The predicted octanol–water partition coefficient (Wildman–Crippen LogP) is 4.66. The molecule has 3 aromatic heterocycles. The Balaban J connectivity index is 1.31. The van der Waals surface area contributed by atoms with Crippen LogP contribution in [-0.2, 0) is 13.1 Å². The largest absolute Gasteiger partial charge is 0.395 e. The van der Waals surface area contributed by atoms with Crippen molar-refractivity contribution in [2.24, 2.45) is 0 Å². The van der Waals surface area contributed by atoms with E-state index in [-0.39, 0.29) is 36.7 Å². The number of pyridine rings is 1. The molecule has 0 saturated carbocycles. The highest BCUT2D eigenvalue weighted by Gasteiger charge is 2.27. The average molecular weight is 585 g/mol. The van der Waals surface area contributed by atoms with E-state index in [0.717, 1.165) is 60.0 Å². The molecule has 1 atom stereocenters. The van der Waals surface area contributed by atoms with Gasteiger partial charge in [0.15, 0.2) is 0 Å². The van der Waals surface area contributed by atoms with Gasteiger partial charge in [0.05, 0.1) is 47.1 Å². The van der Waals surface area contributed by atoms with Gasteiger partial charge in [-0.15, -0.1) is 0 Å². The number of aliphatic hydroxyl groups excluding tert-OH is 1. The molecule has 0 bridgehead atoms. The molecule has 43 heavy (non-hydrogen) atoms. The summed E-state index contributed by atoms with van der Waals surface area (Å²) in [6.07, 6.45) is 7.76. The van der Waals surface area contributed by atoms with Crippen molar-refractivity contribution in [3.05, 3.63) is 94.0 Å². The van der Waals surface area contributed by atoms with E-state index in [1.807, 2.05) is 48.9 Å².